The van der Waals surface area contributed by atoms with Gasteiger partial charge in [-0.05, 0) is 25.5 Å². The monoisotopic (exact) mass is 204 g/mol. The molecule has 0 spiro atoms. The predicted molar refractivity (Wildman–Crippen MR) is 59.5 cm³/mol. The quantitative estimate of drug-likeness (QED) is 0.816. The topological polar surface area (TPSA) is 59.0 Å². The van der Waals surface area contributed by atoms with Gasteiger partial charge < -0.3 is 10.5 Å². The molecule has 1 rings (SSSR count). The maximum Gasteiger partial charge on any atom is 0.137 e. The average molecular weight is 204 g/mol. The van der Waals surface area contributed by atoms with Gasteiger partial charge in [0, 0.05) is 5.54 Å². The van der Waals surface area contributed by atoms with Crippen LogP contribution in [0.2, 0.25) is 0 Å². The van der Waals surface area contributed by atoms with Crippen molar-refractivity contribution in [2.75, 3.05) is 6.61 Å². The van der Waals surface area contributed by atoms with Crippen molar-refractivity contribution in [3.63, 3.8) is 0 Å². The van der Waals surface area contributed by atoms with Gasteiger partial charge in [-0.1, -0.05) is 19.1 Å². The first-order valence-corrected chi connectivity index (χ1v) is 5.00. The summed E-state index contributed by atoms with van der Waals surface area (Å²) in [6, 6.07) is 9.25. The first-order chi connectivity index (χ1) is 7.09. The van der Waals surface area contributed by atoms with Gasteiger partial charge >= 0.3 is 0 Å². The molecule has 1 unspecified atom stereocenters. The number of ether oxygens (including phenoxy) is 1. The summed E-state index contributed by atoms with van der Waals surface area (Å²) in [5.41, 5.74) is 6.15. The van der Waals surface area contributed by atoms with Gasteiger partial charge in [-0.2, -0.15) is 5.26 Å². The molecule has 0 aromatic heterocycles. The van der Waals surface area contributed by atoms with Crippen LogP contribution >= 0.6 is 0 Å². The molecule has 15 heavy (non-hydrogen) atoms. The van der Waals surface area contributed by atoms with Crippen molar-refractivity contribution in [1.82, 2.24) is 0 Å². The molecule has 0 fully saturated rings. The van der Waals surface area contributed by atoms with E-state index < -0.39 is 0 Å². The number of nitriles is 1. The molecule has 0 radical (unpaired) electrons. The van der Waals surface area contributed by atoms with Crippen molar-refractivity contribution in [3.8, 4) is 11.8 Å². The highest BCUT2D eigenvalue weighted by molar-refractivity contribution is 5.42. The molecule has 1 aromatic carbocycles. The maximum atomic E-state index is 8.84. The van der Waals surface area contributed by atoms with Gasteiger partial charge in [0.05, 0.1) is 5.56 Å². The average Bonchev–Trinajstić information content (AvgIpc) is 2.27. The molecule has 3 nitrogen and oxygen atoms in total. The van der Waals surface area contributed by atoms with E-state index >= 15 is 0 Å². The van der Waals surface area contributed by atoms with E-state index in [1.165, 1.54) is 0 Å². The SMILES string of the molecule is CCC(C)(N)COc1ccccc1C#N. The lowest BCUT2D eigenvalue weighted by atomic mass is 10.0. The predicted octanol–water partition coefficient (Wildman–Crippen LogP) is 2.06. The number of benzene rings is 1. The lowest BCUT2D eigenvalue weighted by molar-refractivity contribution is 0.225. The number of nitrogens with two attached hydrogens (primary N) is 1. The van der Waals surface area contributed by atoms with Crippen molar-refractivity contribution in [3.05, 3.63) is 29.8 Å². The molecule has 0 saturated carbocycles. The van der Waals surface area contributed by atoms with E-state index in [-0.39, 0.29) is 5.54 Å². The number of nitrogens with zero attached hydrogens (tertiary/aromatic N) is 1. The lowest BCUT2D eigenvalue weighted by Crippen LogP contribution is -2.41. The van der Waals surface area contributed by atoms with Crippen LogP contribution in [0, 0.1) is 11.3 Å². The normalized spacial score (nSPS) is 14.0. The number of hydrogen-bond donors (Lipinski definition) is 1. The molecule has 0 saturated heterocycles. The zero-order valence-electron chi connectivity index (χ0n) is 9.16. The van der Waals surface area contributed by atoms with Crippen LogP contribution in [0.4, 0.5) is 0 Å². The van der Waals surface area contributed by atoms with Gasteiger partial charge in [0.2, 0.25) is 0 Å². The second-order valence-corrected chi connectivity index (χ2v) is 3.90. The van der Waals surface area contributed by atoms with Gasteiger partial charge in [-0.15, -0.1) is 0 Å². The van der Waals surface area contributed by atoms with Gasteiger partial charge in [0.25, 0.3) is 0 Å². The van der Waals surface area contributed by atoms with Crippen LogP contribution in [0.15, 0.2) is 24.3 Å². The largest absolute Gasteiger partial charge is 0.490 e. The van der Waals surface area contributed by atoms with E-state index in [1.54, 1.807) is 12.1 Å². The summed E-state index contributed by atoms with van der Waals surface area (Å²) in [5.74, 6) is 0.602. The first kappa shape index (κ1) is 11.5. The molecule has 1 aromatic rings. The smallest absolute Gasteiger partial charge is 0.137 e. The fraction of sp³-hybridized carbons (Fsp3) is 0.417. The molecule has 1 atom stereocenters. The summed E-state index contributed by atoms with van der Waals surface area (Å²) in [6.07, 6.45) is 0.835. The summed E-state index contributed by atoms with van der Waals surface area (Å²) < 4.78 is 5.54. The molecule has 0 aliphatic carbocycles. The Labute approximate surface area is 90.5 Å². The molecule has 80 valence electrons. The van der Waals surface area contributed by atoms with Crippen LogP contribution in [-0.2, 0) is 0 Å². The second kappa shape index (κ2) is 4.81. The van der Waals surface area contributed by atoms with Gasteiger partial charge in [0.15, 0.2) is 0 Å². The van der Waals surface area contributed by atoms with Crippen LogP contribution in [-0.4, -0.2) is 12.1 Å². The highest BCUT2D eigenvalue weighted by Gasteiger charge is 2.17. The Bertz CT molecular complexity index is 366. The van der Waals surface area contributed by atoms with E-state index in [0.29, 0.717) is 17.9 Å². The molecule has 0 aliphatic heterocycles. The molecule has 2 N–H and O–H groups in total. The second-order valence-electron chi connectivity index (χ2n) is 3.90. The van der Waals surface area contributed by atoms with Crippen molar-refractivity contribution in [2.45, 2.75) is 25.8 Å². The Hall–Kier alpha value is -1.53. The lowest BCUT2D eigenvalue weighted by Gasteiger charge is -2.22. The van der Waals surface area contributed by atoms with Crippen molar-refractivity contribution < 1.29 is 4.74 Å². The van der Waals surface area contributed by atoms with Crippen molar-refractivity contribution in [2.24, 2.45) is 5.73 Å². The van der Waals surface area contributed by atoms with Crippen LogP contribution in [0.1, 0.15) is 25.8 Å². The van der Waals surface area contributed by atoms with Crippen molar-refractivity contribution >= 4 is 0 Å². The molecule has 0 bridgehead atoms. The third kappa shape index (κ3) is 3.26. The highest BCUT2D eigenvalue weighted by atomic mass is 16.5. The Morgan fingerprint density at radius 3 is 2.73 bits per heavy atom. The number of para-hydroxylation sites is 1. The number of hydrogen-bond acceptors (Lipinski definition) is 3. The molecule has 3 heteroatoms. The summed E-state index contributed by atoms with van der Waals surface area (Å²) in [4.78, 5) is 0. The molecular formula is C12H16N2O. The van der Waals surface area contributed by atoms with E-state index in [4.69, 9.17) is 15.7 Å². The Morgan fingerprint density at radius 1 is 1.47 bits per heavy atom. The minimum atomic E-state index is -0.345. The summed E-state index contributed by atoms with van der Waals surface area (Å²) in [7, 11) is 0. The Kier molecular flexibility index (Phi) is 3.70. The molecule has 0 amide bonds. The van der Waals surface area contributed by atoms with Gasteiger partial charge in [-0.3, -0.25) is 0 Å². The highest BCUT2D eigenvalue weighted by Crippen LogP contribution is 2.18. The minimum Gasteiger partial charge on any atom is -0.490 e. The number of rotatable bonds is 4. The van der Waals surface area contributed by atoms with E-state index in [2.05, 4.69) is 6.07 Å². The van der Waals surface area contributed by atoms with Crippen LogP contribution in [0.3, 0.4) is 0 Å². The maximum absolute atomic E-state index is 8.84. The fourth-order valence-corrected chi connectivity index (χ4v) is 1.03. The molecule has 0 aliphatic rings. The fourth-order valence-electron chi connectivity index (χ4n) is 1.03. The molecule has 0 heterocycles. The zero-order chi connectivity index (χ0) is 11.3. The zero-order valence-corrected chi connectivity index (χ0v) is 9.16. The summed E-state index contributed by atoms with van der Waals surface area (Å²) >= 11 is 0. The van der Waals surface area contributed by atoms with Crippen molar-refractivity contribution in [1.29, 1.82) is 5.26 Å². The summed E-state index contributed by atoms with van der Waals surface area (Å²) in [5, 5.41) is 8.84. The van der Waals surface area contributed by atoms with Gasteiger partial charge in [0.1, 0.15) is 18.4 Å². The minimum absolute atomic E-state index is 0.345. The van der Waals surface area contributed by atoms with Crippen LogP contribution in [0.25, 0.3) is 0 Å². The van der Waals surface area contributed by atoms with E-state index in [9.17, 15) is 0 Å². The van der Waals surface area contributed by atoms with Crippen LogP contribution < -0.4 is 10.5 Å². The summed E-state index contributed by atoms with van der Waals surface area (Å²) in [6.45, 7) is 4.36. The standard InChI is InChI=1S/C12H16N2O/c1-3-12(2,14)9-15-11-7-5-4-6-10(11)8-13/h4-7H,3,9,14H2,1-2H3. The third-order valence-corrected chi connectivity index (χ3v) is 2.37. The van der Waals surface area contributed by atoms with Crippen LogP contribution in [0.5, 0.6) is 5.75 Å². The third-order valence-electron chi connectivity index (χ3n) is 2.37. The molecular weight excluding hydrogens is 188 g/mol. The van der Waals surface area contributed by atoms with E-state index in [0.717, 1.165) is 6.42 Å². The Morgan fingerprint density at radius 2 is 2.13 bits per heavy atom. The van der Waals surface area contributed by atoms with Gasteiger partial charge in [-0.25, -0.2) is 0 Å². The Balaban J connectivity index is 2.70. The first-order valence-electron chi connectivity index (χ1n) is 5.00. The van der Waals surface area contributed by atoms with E-state index in [1.807, 2.05) is 26.0 Å².